The first kappa shape index (κ1) is 16.5. The van der Waals surface area contributed by atoms with Crippen LogP contribution in [-0.4, -0.2) is 25.0 Å². The number of rotatable bonds is 7. The number of hydrogen-bond donors (Lipinski definition) is 1. The van der Waals surface area contributed by atoms with Crippen LogP contribution in [0.3, 0.4) is 0 Å². The molecular formula is C19H19NO3S. The molecule has 0 aromatic heterocycles. The molecule has 1 amide bonds. The Morgan fingerprint density at radius 3 is 2.83 bits per heavy atom. The summed E-state index contributed by atoms with van der Waals surface area (Å²) in [6.07, 6.45) is 3.31. The van der Waals surface area contributed by atoms with Crippen LogP contribution in [0.2, 0.25) is 0 Å². The van der Waals surface area contributed by atoms with E-state index in [4.69, 9.17) is 9.47 Å². The summed E-state index contributed by atoms with van der Waals surface area (Å²) in [6.45, 7) is 0.908. The molecule has 0 saturated heterocycles. The number of benzene rings is 2. The summed E-state index contributed by atoms with van der Waals surface area (Å²) in [4.78, 5) is 11.8. The average Bonchev–Trinajstić information content (AvgIpc) is 3.08. The van der Waals surface area contributed by atoms with E-state index in [1.165, 1.54) is 5.56 Å². The van der Waals surface area contributed by atoms with E-state index in [1.54, 1.807) is 12.2 Å². The van der Waals surface area contributed by atoms with Gasteiger partial charge in [-0.1, -0.05) is 36.4 Å². The number of ether oxygens (including phenoxy) is 2. The maximum absolute atomic E-state index is 11.8. The molecule has 1 aliphatic rings. The summed E-state index contributed by atoms with van der Waals surface area (Å²) in [7, 11) is 0. The first-order chi connectivity index (χ1) is 11.8. The van der Waals surface area contributed by atoms with Crippen LogP contribution >= 0.6 is 11.8 Å². The largest absolute Gasteiger partial charge is 0.454 e. The van der Waals surface area contributed by atoms with E-state index in [9.17, 15) is 4.79 Å². The summed E-state index contributed by atoms with van der Waals surface area (Å²) in [5, 5.41) is 2.89. The monoisotopic (exact) mass is 341 g/mol. The lowest BCUT2D eigenvalue weighted by Crippen LogP contribution is -2.23. The van der Waals surface area contributed by atoms with Crippen molar-refractivity contribution >= 4 is 23.7 Å². The van der Waals surface area contributed by atoms with Gasteiger partial charge in [-0.05, 0) is 29.3 Å². The Morgan fingerprint density at radius 2 is 1.96 bits per heavy atom. The van der Waals surface area contributed by atoms with Gasteiger partial charge in [0.25, 0.3) is 0 Å². The summed E-state index contributed by atoms with van der Waals surface area (Å²) in [6, 6.07) is 15.9. The third kappa shape index (κ3) is 4.80. The van der Waals surface area contributed by atoms with E-state index >= 15 is 0 Å². The second-order valence-electron chi connectivity index (χ2n) is 5.28. The normalized spacial score (nSPS) is 12.5. The van der Waals surface area contributed by atoms with Crippen LogP contribution in [0.5, 0.6) is 11.5 Å². The first-order valence-electron chi connectivity index (χ1n) is 7.78. The number of hydrogen-bond acceptors (Lipinski definition) is 4. The van der Waals surface area contributed by atoms with Crippen molar-refractivity contribution in [3.8, 4) is 11.5 Å². The zero-order valence-electron chi connectivity index (χ0n) is 13.2. The Labute approximate surface area is 145 Å². The molecule has 0 spiro atoms. The van der Waals surface area contributed by atoms with E-state index in [1.807, 2.05) is 48.2 Å². The number of amides is 1. The van der Waals surface area contributed by atoms with Crippen molar-refractivity contribution < 1.29 is 14.3 Å². The minimum Gasteiger partial charge on any atom is -0.454 e. The van der Waals surface area contributed by atoms with Crippen molar-refractivity contribution in [3.05, 3.63) is 65.7 Å². The molecule has 1 aliphatic heterocycles. The molecule has 0 bridgehead atoms. The predicted octanol–water partition coefficient (Wildman–Crippen LogP) is 3.48. The topological polar surface area (TPSA) is 47.6 Å². The minimum absolute atomic E-state index is 0.0898. The minimum atomic E-state index is -0.0898. The van der Waals surface area contributed by atoms with Gasteiger partial charge in [-0.15, -0.1) is 0 Å². The van der Waals surface area contributed by atoms with Gasteiger partial charge in [-0.25, -0.2) is 0 Å². The fourth-order valence-corrected chi connectivity index (χ4v) is 3.08. The van der Waals surface area contributed by atoms with Gasteiger partial charge in [0.15, 0.2) is 11.5 Å². The Kier molecular flexibility index (Phi) is 5.80. The van der Waals surface area contributed by atoms with Crippen LogP contribution in [0.4, 0.5) is 0 Å². The highest BCUT2D eigenvalue weighted by Crippen LogP contribution is 2.32. The number of thioether (sulfide) groups is 1. The standard InChI is InChI=1S/C19H19NO3S/c21-19(20-10-11-24-13-16-4-2-1-3-5-16)9-7-15-6-8-17-18(12-15)23-14-22-17/h1-9,12H,10-11,13-14H2,(H,20,21). The summed E-state index contributed by atoms with van der Waals surface area (Å²) < 4.78 is 10.6. The molecule has 0 saturated carbocycles. The maximum Gasteiger partial charge on any atom is 0.244 e. The Hall–Kier alpha value is -2.40. The van der Waals surface area contributed by atoms with Gasteiger partial charge in [0.05, 0.1) is 0 Å². The number of carbonyl (C=O) groups excluding carboxylic acids is 1. The van der Waals surface area contributed by atoms with E-state index in [-0.39, 0.29) is 12.7 Å². The van der Waals surface area contributed by atoms with Crippen molar-refractivity contribution in [3.63, 3.8) is 0 Å². The molecule has 24 heavy (non-hydrogen) atoms. The second-order valence-corrected chi connectivity index (χ2v) is 6.38. The molecule has 3 rings (SSSR count). The van der Waals surface area contributed by atoms with E-state index in [0.29, 0.717) is 6.54 Å². The molecule has 0 radical (unpaired) electrons. The summed E-state index contributed by atoms with van der Waals surface area (Å²) >= 11 is 1.81. The second kappa shape index (κ2) is 8.45. The fraction of sp³-hybridized carbons (Fsp3) is 0.211. The van der Waals surface area contributed by atoms with Gasteiger partial charge in [0, 0.05) is 24.1 Å². The molecule has 4 nitrogen and oxygen atoms in total. The number of carbonyl (C=O) groups is 1. The third-order valence-corrected chi connectivity index (χ3v) is 4.51. The van der Waals surface area contributed by atoms with Crippen LogP contribution in [-0.2, 0) is 10.5 Å². The molecule has 0 unspecified atom stereocenters. The van der Waals surface area contributed by atoms with Gasteiger partial charge in [-0.2, -0.15) is 11.8 Å². The number of nitrogens with one attached hydrogen (secondary N) is 1. The SMILES string of the molecule is O=C(C=Cc1ccc2c(c1)OCO2)NCCSCc1ccccc1. The molecule has 0 fully saturated rings. The smallest absolute Gasteiger partial charge is 0.244 e. The lowest BCUT2D eigenvalue weighted by atomic mass is 10.2. The molecule has 5 heteroatoms. The predicted molar refractivity (Wildman–Crippen MR) is 97.2 cm³/mol. The Morgan fingerprint density at radius 1 is 1.12 bits per heavy atom. The van der Waals surface area contributed by atoms with Crippen molar-refractivity contribution in [2.75, 3.05) is 19.1 Å². The van der Waals surface area contributed by atoms with Gasteiger partial charge < -0.3 is 14.8 Å². The lowest BCUT2D eigenvalue weighted by molar-refractivity contribution is -0.116. The molecular weight excluding hydrogens is 322 g/mol. The third-order valence-electron chi connectivity index (χ3n) is 3.48. The van der Waals surface area contributed by atoms with Crippen LogP contribution in [0.25, 0.3) is 6.08 Å². The molecule has 2 aromatic rings. The molecule has 2 aromatic carbocycles. The highest BCUT2D eigenvalue weighted by Gasteiger charge is 2.12. The van der Waals surface area contributed by atoms with E-state index in [0.717, 1.165) is 28.6 Å². The highest BCUT2D eigenvalue weighted by molar-refractivity contribution is 7.98. The van der Waals surface area contributed by atoms with Crippen molar-refractivity contribution in [2.24, 2.45) is 0 Å². The van der Waals surface area contributed by atoms with Gasteiger partial charge in [0.2, 0.25) is 12.7 Å². The molecule has 1 N–H and O–H groups in total. The fourth-order valence-electron chi connectivity index (χ4n) is 2.26. The van der Waals surface area contributed by atoms with Gasteiger partial charge in [0.1, 0.15) is 0 Å². The molecule has 124 valence electrons. The van der Waals surface area contributed by atoms with E-state index < -0.39 is 0 Å². The van der Waals surface area contributed by atoms with Crippen LogP contribution in [0.1, 0.15) is 11.1 Å². The van der Waals surface area contributed by atoms with Crippen molar-refractivity contribution in [2.45, 2.75) is 5.75 Å². The zero-order chi connectivity index (χ0) is 16.6. The van der Waals surface area contributed by atoms with Crippen molar-refractivity contribution in [1.29, 1.82) is 0 Å². The maximum atomic E-state index is 11.8. The van der Waals surface area contributed by atoms with E-state index in [2.05, 4.69) is 17.4 Å². The van der Waals surface area contributed by atoms with Crippen LogP contribution < -0.4 is 14.8 Å². The average molecular weight is 341 g/mol. The van der Waals surface area contributed by atoms with Crippen LogP contribution in [0.15, 0.2) is 54.6 Å². The van der Waals surface area contributed by atoms with Crippen molar-refractivity contribution in [1.82, 2.24) is 5.32 Å². The Bertz CT molecular complexity index is 716. The zero-order valence-corrected chi connectivity index (χ0v) is 14.1. The Balaban J connectivity index is 1.36. The quantitative estimate of drug-likeness (QED) is 0.619. The molecule has 0 aliphatic carbocycles. The first-order valence-corrected chi connectivity index (χ1v) is 8.94. The lowest BCUT2D eigenvalue weighted by Gasteiger charge is -2.03. The molecule has 0 atom stereocenters. The number of fused-ring (bicyclic) bond motifs is 1. The van der Waals surface area contributed by atoms with Gasteiger partial charge >= 0.3 is 0 Å². The molecule has 1 heterocycles. The highest BCUT2D eigenvalue weighted by atomic mass is 32.2. The van der Waals surface area contributed by atoms with Gasteiger partial charge in [-0.3, -0.25) is 4.79 Å². The summed E-state index contributed by atoms with van der Waals surface area (Å²) in [5.74, 6) is 3.22. The van der Waals surface area contributed by atoms with Crippen LogP contribution in [0, 0.1) is 0 Å². The summed E-state index contributed by atoms with van der Waals surface area (Å²) in [5.41, 5.74) is 2.21.